The van der Waals surface area contributed by atoms with Crippen LogP contribution in [0, 0.1) is 23.0 Å². The van der Waals surface area contributed by atoms with E-state index in [1.54, 1.807) is 43.5 Å². The molecule has 0 radical (unpaired) electrons. The van der Waals surface area contributed by atoms with E-state index in [1.807, 2.05) is 6.07 Å². The molecule has 164 valence electrons. The van der Waals surface area contributed by atoms with E-state index in [9.17, 15) is 4.79 Å². The molecule has 8 heteroatoms. The van der Waals surface area contributed by atoms with E-state index in [0.29, 0.717) is 16.8 Å². The summed E-state index contributed by atoms with van der Waals surface area (Å²) in [6.07, 6.45) is 1.36. The van der Waals surface area contributed by atoms with Gasteiger partial charge in [0.25, 0.3) is 5.91 Å². The van der Waals surface area contributed by atoms with Crippen molar-refractivity contribution in [1.82, 2.24) is 4.98 Å². The zero-order valence-corrected chi connectivity index (χ0v) is 17.3. The van der Waals surface area contributed by atoms with Crippen molar-refractivity contribution in [1.29, 1.82) is 5.26 Å². The summed E-state index contributed by atoms with van der Waals surface area (Å²) in [5, 5.41) is 8.96. The van der Waals surface area contributed by atoms with Gasteiger partial charge < -0.3 is 15.2 Å². The minimum Gasteiger partial charge on any atom is -0.487 e. The number of carbonyl (C=O) groups is 1. The molecule has 3 aromatic rings. The van der Waals surface area contributed by atoms with E-state index in [-0.39, 0.29) is 25.4 Å². The smallest absolute Gasteiger partial charge is 0.254 e. The van der Waals surface area contributed by atoms with Gasteiger partial charge >= 0.3 is 0 Å². The van der Waals surface area contributed by atoms with Gasteiger partial charge in [0, 0.05) is 31.4 Å². The van der Waals surface area contributed by atoms with Crippen molar-refractivity contribution >= 4 is 5.91 Å². The van der Waals surface area contributed by atoms with Crippen LogP contribution >= 0.6 is 0 Å². The minimum absolute atomic E-state index is 0.0106. The molecule has 0 saturated heterocycles. The number of primary amides is 1. The summed E-state index contributed by atoms with van der Waals surface area (Å²) in [5.41, 5.74) is 4.44. The van der Waals surface area contributed by atoms with Crippen molar-refractivity contribution in [2.24, 2.45) is 5.73 Å². The second kappa shape index (κ2) is 9.98. The van der Waals surface area contributed by atoms with Gasteiger partial charge in [-0.3, -0.25) is 9.78 Å². The largest absolute Gasteiger partial charge is 0.487 e. The quantitative estimate of drug-likeness (QED) is 0.550. The summed E-state index contributed by atoms with van der Waals surface area (Å²) < 4.78 is 41.4. The van der Waals surface area contributed by atoms with Crippen LogP contribution in [0.2, 0.25) is 0 Å². The Morgan fingerprint density at radius 3 is 2.38 bits per heavy atom. The Labute approximate surface area is 184 Å². The Hall–Kier alpha value is -3.83. The fraction of sp³-hybridized carbons (Fsp3) is 0.208. The van der Waals surface area contributed by atoms with Gasteiger partial charge in [-0.15, -0.1) is 0 Å². The standard InChI is InChI=1S/C24H21F2N3O3/c1-2-32-24(23(28)30,13-16-6-8-17(14-27)9-7-16)22-20(25)11-19(12-21(22)26)31-15-18-5-3-4-10-29-18/h3-12H,2,13,15H2,1H3,(H2,28,30). The number of pyridine rings is 1. The number of rotatable bonds is 9. The minimum atomic E-state index is -2.09. The first-order valence-electron chi connectivity index (χ1n) is 9.84. The lowest BCUT2D eigenvalue weighted by Gasteiger charge is -2.32. The second-order valence-corrected chi connectivity index (χ2v) is 6.98. The molecule has 2 N–H and O–H groups in total. The number of nitrogens with zero attached hydrogens (tertiary/aromatic N) is 2. The number of aromatic nitrogens is 1. The van der Waals surface area contributed by atoms with Gasteiger partial charge in [-0.05, 0) is 36.8 Å². The third kappa shape index (κ3) is 4.90. The molecule has 0 aliphatic carbocycles. The molecule has 0 fully saturated rings. The van der Waals surface area contributed by atoms with E-state index in [0.717, 1.165) is 12.1 Å². The average Bonchev–Trinajstić information content (AvgIpc) is 2.78. The van der Waals surface area contributed by atoms with Crippen LogP contribution < -0.4 is 10.5 Å². The number of hydrogen-bond donors (Lipinski definition) is 1. The molecule has 6 nitrogen and oxygen atoms in total. The molecule has 0 saturated carbocycles. The number of nitrogens with two attached hydrogens (primary N) is 1. The van der Waals surface area contributed by atoms with Gasteiger partial charge in [-0.25, -0.2) is 8.78 Å². The molecule has 1 atom stereocenters. The molecule has 32 heavy (non-hydrogen) atoms. The number of carbonyl (C=O) groups excluding carboxylic acids is 1. The van der Waals surface area contributed by atoms with Crippen LogP contribution in [0.25, 0.3) is 0 Å². The molecule has 1 amide bonds. The van der Waals surface area contributed by atoms with E-state index >= 15 is 8.78 Å². The van der Waals surface area contributed by atoms with Crippen LogP contribution in [0.15, 0.2) is 60.8 Å². The van der Waals surface area contributed by atoms with E-state index in [2.05, 4.69) is 4.98 Å². The highest BCUT2D eigenvalue weighted by atomic mass is 19.1. The van der Waals surface area contributed by atoms with Crippen LogP contribution in [-0.4, -0.2) is 17.5 Å². The Morgan fingerprint density at radius 1 is 1.16 bits per heavy atom. The Bertz CT molecular complexity index is 1110. The first-order valence-corrected chi connectivity index (χ1v) is 9.84. The molecule has 0 aliphatic rings. The SMILES string of the molecule is CCOC(Cc1ccc(C#N)cc1)(C(N)=O)c1c(F)cc(OCc2ccccn2)cc1F. The number of nitriles is 1. The predicted molar refractivity (Wildman–Crippen MR) is 112 cm³/mol. The average molecular weight is 437 g/mol. The van der Waals surface area contributed by atoms with Crippen LogP contribution in [0.1, 0.15) is 29.3 Å². The van der Waals surface area contributed by atoms with Crippen LogP contribution in [-0.2, 0) is 28.2 Å². The van der Waals surface area contributed by atoms with Crippen molar-refractivity contribution in [3.8, 4) is 11.8 Å². The van der Waals surface area contributed by atoms with Gasteiger partial charge in [0.15, 0.2) is 5.60 Å². The molecule has 2 aromatic carbocycles. The molecule has 0 bridgehead atoms. The zero-order valence-electron chi connectivity index (χ0n) is 17.3. The molecule has 1 heterocycles. The summed E-state index contributed by atoms with van der Waals surface area (Å²) in [5.74, 6) is -3.16. The topological polar surface area (TPSA) is 98.2 Å². The highest BCUT2D eigenvalue weighted by Gasteiger charge is 2.44. The Morgan fingerprint density at radius 2 is 1.84 bits per heavy atom. The van der Waals surface area contributed by atoms with Gasteiger partial charge in [0.05, 0.1) is 22.9 Å². The number of hydrogen-bond acceptors (Lipinski definition) is 5. The highest BCUT2D eigenvalue weighted by Crippen LogP contribution is 2.36. The normalized spacial score (nSPS) is 12.6. The molecule has 0 spiro atoms. The lowest BCUT2D eigenvalue weighted by atomic mass is 9.85. The van der Waals surface area contributed by atoms with Gasteiger partial charge in [0.1, 0.15) is 24.0 Å². The summed E-state index contributed by atoms with van der Waals surface area (Å²) in [6.45, 7) is 1.59. The van der Waals surface area contributed by atoms with E-state index in [4.69, 9.17) is 20.5 Å². The molecule has 1 unspecified atom stereocenters. The van der Waals surface area contributed by atoms with Gasteiger partial charge in [-0.2, -0.15) is 5.26 Å². The number of benzene rings is 2. The Balaban J connectivity index is 1.98. The second-order valence-electron chi connectivity index (χ2n) is 6.98. The summed E-state index contributed by atoms with van der Waals surface area (Å²) in [6, 6.07) is 15.4. The van der Waals surface area contributed by atoms with E-state index < -0.39 is 28.7 Å². The van der Waals surface area contributed by atoms with Crippen molar-refractivity contribution in [2.45, 2.75) is 25.6 Å². The Kier molecular flexibility index (Phi) is 7.13. The van der Waals surface area contributed by atoms with Crippen molar-refractivity contribution in [2.75, 3.05) is 6.61 Å². The molecular formula is C24H21F2N3O3. The van der Waals surface area contributed by atoms with Crippen LogP contribution in [0.5, 0.6) is 5.75 Å². The molecule has 1 aromatic heterocycles. The fourth-order valence-corrected chi connectivity index (χ4v) is 3.38. The third-order valence-corrected chi connectivity index (χ3v) is 4.86. The number of halogens is 2. The maximum absolute atomic E-state index is 15.2. The maximum atomic E-state index is 15.2. The first-order chi connectivity index (χ1) is 15.4. The predicted octanol–water partition coefficient (Wildman–Crippen LogP) is 3.77. The van der Waals surface area contributed by atoms with Crippen LogP contribution in [0.4, 0.5) is 8.78 Å². The van der Waals surface area contributed by atoms with Gasteiger partial charge in [-0.1, -0.05) is 18.2 Å². The number of amides is 1. The van der Waals surface area contributed by atoms with Gasteiger partial charge in [0.2, 0.25) is 0 Å². The number of ether oxygens (including phenoxy) is 2. The van der Waals surface area contributed by atoms with Crippen molar-refractivity contribution in [3.05, 3.63) is 94.8 Å². The van der Waals surface area contributed by atoms with Crippen molar-refractivity contribution < 1.29 is 23.0 Å². The lowest BCUT2D eigenvalue weighted by Crippen LogP contribution is -2.47. The monoisotopic (exact) mass is 437 g/mol. The summed E-state index contributed by atoms with van der Waals surface area (Å²) in [4.78, 5) is 16.6. The van der Waals surface area contributed by atoms with E-state index in [1.165, 1.54) is 12.1 Å². The third-order valence-electron chi connectivity index (χ3n) is 4.86. The summed E-state index contributed by atoms with van der Waals surface area (Å²) >= 11 is 0. The highest BCUT2D eigenvalue weighted by molar-refractivity contribution is 5.85. The molecule has 3 rings (SSSR count). The lowest BCUT2D eigenvalue weighted by molar-refractivity contribution is -0.145. The van der Waals surface area contributed by atoms with Crippen molar-refractivity contribution in [3.63, 3.8) is 0 Å². The zero-order chi connectivity index (χ0) is 23.1. The van der Waals surface area contributed by atoms with Crippen LogP contribution in [0.3, 0.4) is 0 Å². The first kappa shape index (κ1) is 22.8. The summed E-state index contributed by atoms with van der Waals surface area (Å²) in [7, 11) is 0. The fourth-order valence-electron chi connectivity index (χ4n) is 3.38. The molecule has 0 aliphatic heterocycles. The molecular weight excluding hydrogens is 416 g/mol. The maximum Gasteiger partial charge on any atom is 0.254 e.